The Balaban J connectivity index is 2.68. The van der Waals surface area contributed by atoms with E-state index < -0.39 is 17.1 Å². The molecule has 14 heavy (non-hydrogen) atoms. The van der Waals surface area contributed by atoms with Crippen molar-refractivity contribution in [1.82, 2.24) is 0 Å². The van der Waals surface area contributed by atoms with Crippen molar-refractivity contribution in [1.29, 1.82) is 0 Å². The SMILES string of the molecule is NC(=O)Nc1ccc(CS(=O)O)cc1. The zero-order valence-electron chi connectivity index (χ0n) is 7.27. The smallest absolute Gasteiger partial charge is 0.316 e. The van der Waals surface area contributed by atoms with Gasteiger partial charge in [0.1, 0.15) is 0 Å². The zero-order valence-corrected chi connectivity index (χ0v) is 8.08. The van der Waals surface area contributed by atoms with Crippen molar-refractivity contribution in [2.24, 2.45) is 5.73 Å². The summed E-state index contributed by atoms with van der Waals surface area (Å²) in [7, 11) is 0. The topological polar surface area (TPSA) is 92.4 Å². The summed E-state index contributed by atoms with van der Waals surface area (Å²) < 4.78 is 19.1. The van der Waals surface area contributed by atoms with Crippen LogP contribution in [0.4, 0.5) is 10.5 Å². The first-order valence-electron chi connectivity index (χ1n) is 3.81. The van der Waals surface area contributed by atoms with Crippen LogP contribution in [0.15, 0.2) is 24.3 Å². The molecule has 5 nitrogen and oxygen atoms in total. The predicted octanol–water partition coefficient (Wildman–Crippen LogP) is 0.899. The fourth-order valence-electron chi connectivity index (χ4n) is 0.969. The lowest BCUT2D eigenvalue weighted by molar-refractivity contribution is 0.259. The highest BCUT2D eigenvalue weighted by Crippen LogP contribution is 2.10. The number of urea groups is 1. The molecule has 2 amide bonds. The molecule has 76 valence electrons. The number of amides is 2. The summed E-state index contributed by atoms with van der Waals surface area (Å²) in [6.45, 7) is 0. The van der Waals surface area contributed by atoms with Gasteiger partial charge in [-0.15, -0.1) is 0 Å². The van der Waals surface area contributed by atoms with Crippen LogP contribution in [0.3, 0.4) is 0 Å². The Morgan fingerprint density at radius 3 is 2.43 bits per heavy atom. The first kappa shape index (κ1) is 10.7. The van der Waals surface area contributed by atoms with E-state index in [4.69, 9.17) is 10.3 Å². The molecule has 0 aromatic heterocycles. The molecule has 0 spiro atoms. The first-order valence-corrected chi connectivity index (χ1v) is 5.08. The second-order valence-corrected chi connectivity index (χ2v) is 3.58. The molecule has 0 radical (unpaired) electrons. The van der Waals surface area contributed by atoms with Gasteiger partial charge in [-0.25, -0.2) is 9.00 Å². The summed E-state index contributed by atoms with van der Waals surface area (Å²) in [5, 5.41) is 2.39. The van der Waals surface area contributed by atoms with Crippen LogP contribution < -0.4 is 11.1 Å². The number of nitrogens with two attached hydrogens (primary N) is 1. The van der Waals surface area contributed by atoms with Gasteiger partial charge in [0.05, 0.1) is 5.75 Å². The van der Waals surface area contributed by atoms with Gasteiger partial charge in [0.25, 0.3) is 0 Å². The van der Waals surface area contributed by atoms with E-state index in [9.17, 15) is 9.00 Å². The van der Waals surface area contributed by atoms with Gasteiger partial charge in [0.15, 0.2) is 11.1 Å². The minimum Gasteiger partial charge on any atom is -0.351 e. The third kappa shape index (κ3) is 3.55. The number of primary amides is 1. The number of carbonyl (C=O) groups excluding carboxylic acids is 1. The van der Waals surface area contributed by atoms with Crippen LogP contribution in [-0.2, 0) is 16.8 Å². The molecule has 0 aliphatic carbocycles. The highest BCUT2D eigenvalue weighted by molar-refractivity contribution is 7.78. The summed E-state index contributed by atoms with van der Waals surface area (Å²) in [6, 6.07) is 5.90. The molecule has 0 saturated heterocycles. The fraction of sp³-hybridized carbons (Fsp3) is 0.125. The fourth-order valence-corrected chi connectivity index (χ4v) is 1.45. The predicted molar refractivity (Wildman–Crippen MR) is 54.1 cm³/mol. The average molecular weight is 214 g/mol. The van der Waals surface area contributed by atoms with Crippen LogP contribution in [0.5, 0.6) is 0 Å². The molecule has 4 N–H and O–H groups in total. The summed E-state index contributed by atoms with van der Waals surface area (Å²) in [5.41, 5.74) is 6.19. The van der Waals surface area contributed by atoms with E-state index in [1.165, 1.54) is 0 Å². The van der Waals surface area contributed by atoms with Gasteiger partial charge in [0, 0.05) is 5.69 Å². The summed E-state index contributed by atoms with van der Waals surface area (Å²) in [6.07, 6.45) is 0. The van der Waals surface area contributed by atoms with Crippen LogP contribution >= 0.6 is 0 Å². The molecule has 0 heterocycles. The molecule has 6 heteroatoms. The second-order valence-electron chi connectivity index (χ2n) is 2.65. The molecule has 1 aromatic rings. The van der Waals surface area contributed by atoms with Crippen molar-refractivity contribution >= 4 is 22.8 Å². The number of nitrogens with one attached hydrogen (secondary N) is 1. The lowest BCUT2D eigenvalue weighted by Gasteiger charge is -2.02. The number of benzene rings is 1. The Hall–Kier alpha value is -1.40. The number of anilines is 1. The van der Waals surface area contributed by atoms with Crippen molar-refractivity contribution in [2.45, 2.75) is 5.75 Å². The Labute approximate surface area is 83.6 Å². The monoisotopic (exact) mass is 214 g/mol. The normalized spacial score (nSPS) is 12.1. The van der Waals surface area contributed by atoms with Crippen molar-refractivity contribution in [2.75, 3.05) is 5.32 Å². The average Bonchev–Trinajstić information content (AvgIpc) is 2.06. The minimum absolute atomic E-state index is 0.0802. The Morgan fingerprint density at radius 1 is 1.43 bits per heavy atom. The van der Waals surface area contributed by atoms with Gasteiger partial charge < -0.3 is 15.6 Å². The van der Waals surface area contributed by atoms with Crippen molar-refractivity contribution in [3.63, 3.8) is 0 Å². The molecular weight excluding hydrogens is 204 g/mol. The molecule has 1 unspecified atom stereocenters. The van der Waals surface area contributed by atoms with E-state index in [1.54, 1.807) is 24.3 Å². The third-order valence-corrected chi connectivity index (χ3v) is 2.09. The second kappa shape index (κ2) is 4.73. The standard InChI is InChI=1S/C8H10N2O3S/c9-8(11)10-7-3-1-6(2-4-7)5-14(12)13/h1-4H,5H2,(H,12,13)(H3,9,10,11). The Kier molecular flexibility index (Phi) is 3.61. The highest BCUT2D eigenvalue weighted by Gasteiger charge is 1.99. The first-order chi connectivity index (χ1) is 6.58. The molecule has 1 aromatic carbocycles. The third-order valence-electron chi connectivity index (χ3n) is 1.51. The molecule has 0 saturated carbocycles. The minimum atomic E-state index is -1.85. The number of hydrogen-bond donors (Lipinski definition) is 3. The highest BCUT2D eigenvalue weighted by atomic mass is 32.2. The quantitative estimate of drug-likeness (QED) is 0.652. The summed E-state index contributed by atoms with van der Waals surface area (Å²) >= 11 is -1.85. The van der Waals surface area contributed by atoms with Gasteiger partial charge in [-0.1, -0.05) is 12.1 Å². The number of hydrogen-bond acceptors (Lipinski definition) is 2. The van der Waals surface area contributed by atoms with Gasteiger partial charge in [0.2, 0.25) is 0 Å². The zero-order chi connectivity index (χ0) is 10.6. The molecule has 0 aliphatic rings. The van der Waals surface area contributed by atoms with Crippen molar-refractivity contribution < 1.29 is 13.6 Å². The molecular formula is C8H10N2O3S. The Morgan fingerprint density at radius 2 is 2.00 bits per heavy atom. The van der Waals surface area contributed by atoms with Crippen LogP contribution in [0.2, 0.25) is 0 Å². The molecule has 0 bridgehead atoms. The van der Waals surface area contributed by atoms with E-state index >= 15 is 0 Å². The number of carbonyl (C=O) groups is 1. The molecule has 1 atom stereocenters. The van der Waals surface area contributed by atoms with Gasteiger partial charge in [-0.05, 0) is 17.7 Å². The maximum atomic E-state index is 10.5. The molecule has 0 aliphatic heterocycles. The number of rotatable bonds is 3. The van der Waals surface area contributed by atoms with Crippen molar-refractivity contribution in [3.05, 3.63) is 29.8 Å². The maximum absolute atomic E-state index is 10.5. The molecule has 1 rings (SSSR count). The summed E-state index contributed by atoms with van der Waals surface area (Å²) in [5.74, 6) is 0.0802. The molecule has 0 fully saturated rings. The van der Waals surface area contributed by atoms with E-state index in [0.29, 0.717) is 5.69 Å². The van der Waals surface area contributed by atoms with Crippen LogP contribution in [0, 0.1) is 0 Å². The van der Waals surface area contributed by atoms with Crippen molar-refractivity contribution in [3.8, 4) is 0 Å². The van der Waals surface area contributed by atoms with Crippen LogP contribution in [-0.4, -0.2) is 14.8 Å². The van der Waals surface area contributed by atoms with Gasteiger partial charge >= 0.3 is 6.03 Å². The Bertz CT molecular complexity index is 315. The lowest BCUT2D eigenvalue weighted by Crippen LogP contribution is -2.19. The maximum Gasteiger partial charge on any atom is 0.316 e. The van der Waals surface area contributed by atoms with E-state index in [1.807, 2.05) is 0 Å². The van der Waals surface area contributed by atoms with Gasteiger partial charge in [-0.3, -0.25) is 0 Å². The lowest BCUT2D eigenvalue weighted by atomic mass is 10.2. The van der Waals surface area contributed by atoms with E-state index in [0.717, 1.165) is 5.56 Å². The largest absolute Gasteiger partial charge is 0.351 e. The van der Waals surface area contributed by atoms with E-state index in [-0.39, 0.29) is 5.75 Å². The summed E-state index contributed by atoms with van der Waals surface area (Å²) in [4.78, 5) is 10.5. The van der Waals surface area contributed by atoms with Gasteiger partial charge in [-0.2, -0.15) is 0 Å². The van der Waals surface area contributed by atoms with E-state index in [2.05, 4.69) is 5.32 Å². The van der Waals surface area contributed by atoms with Crippen LogP contribution in [0.1, 0.15) is 5.56 Å². The van der Waals surface area contributed by atoms with Crippen LogP contribution in [0.25, 0.3) is 0 Å².